The van der Waals surface area contributed by atoms with Crippen LogP contribution in [0.1, 0.15) is 54.7 Å². The van der Waals surface area contributed by atoms with Crippen molar-refractivity contribution < 1.29 is 23.7 Å². The maximum absolute atomic E-state index is 6.33. The molecule has 1 saturated heterocycles. The second-order valence-corrected chi connectivity index (χ2v) is 8.44. The number of rotatable bonds is 9. The van der Waals surface area contributed by atoms with E-state index < -0.39 is 30.0 Å². The number of hydrogen-bond acceptors (Lipinski definition) is 7. The van der Waals surface area contributed by atoms with Crippen LogP contribution in [-0.4, -0.2) is 51.2 Å². The Hall–Kier alpha value is -1.84. The Labute approximate surface area is 178 Å². The van der Waals surface area contributed by atoms with Gasteiger partial charge in [-0.25, -0.2) is 9.97 Å². The first-order valence-electron chi connectivity index (χ1n) is 10.3. The van der Waals surface area contributed by atoms with Crippen LogP contribution in [0.2, 0.25) is 0 Å². The molecule has 8 nitrogen and oxygen atoms in total. The Balaban J connectivity index is 1.82. The van der Waals surface area contributed by atoms with Gasteiger partial charge in [-0.15, -0.1) is 0 Å². The largest absolute Gasteiger partial charge is 0.348 e. The Bertz CT molecular complexity index is 863. The van der Waals surface area contributed by atoms with Gasteiger partial charge in [-0.3, -0.25) is 0 Å². The third-order valence-corrected chi connectivity index (χ3v) is 4.94. The predicted molar refractivity (Wildman–Crippen MR) is 113 cm³/mol. The lowest BCUT2D eigenvalue weighted by molar-refractivity contribution is -0.248. The molecule has 0 amide bonds. The van der Waals surface area contributed by atoms with Crippen molar-refractivity contribution in [1.82, 2.24) is 14.5 Å². The van der Waals surface area contributed by atoms with Crippen LogP contribution in [-0.2, 0) is 23.7 Å². The van der Waals surface area contributed by atoms with Crippen molar-refractivity contribution in [2.75, 3.05) is 6.79 Å². The van der Waals surface area contributed by atoms with E-state index in [1.807, 2.05) is 77.4 Å². The number of allylic oxidation sites excluding steroid dienone is 1. The average molecular weight is 420 g/mol. The number of aromatic nitrogens is 3. The summed E-state index contributed by atoms with van der Waals surface area (Å²) in [6, 6.07) is 1.95. The zero-order chi connectivity index (χ0) is 21.9. The van der Waals surface area contributed by atoms with E-state index >= 15 is 0 Å². The van der Waals surface area contributed by atoms with E-state index in [1.54, 1.807) is 6.20 Å². The van der Waals surface area contributed by atoms with Crippen molar-refractivity contribution in [2.24, 2.45) is 0 Å². The zero-order valence-corrected chi connectivity index (χ0v) is 18.9. The van der Waals surface area contributed by atoms with E-state index in [-0.39, 0.29) is 12.9 Å². The summed E-state index contributed by atoms with van der Waals surface area (Å²) in [5.74, 6) is -0.733. The van der Waals surface area contributed by atoms with Crippen molar-refractivity contribution in [3.63, 3.8) is 0 Å². The lowest BCUT2D eigenvalue weighted by Crippen LogP contribution is -2.42. The van der Waals surface area contributed by atoms with Gasteiger partial charge in [0.1, 0.15) is 18.1 Å². The Morgan fingerprint density at radius 1 is 1.23 bits per heavy atom. The SMILES string of the molecule is C/C=C\C(C)OCOC(C)O[C@H]([C@@H]1OC(C)(C)OC1(C)C)n1ccc2cncnc21. The van der Waals surface area contributed by atoms with E-state index in [0.29, 0.717) is 0 Å². The molecule has 8 heteroatoms. The van der Waals surface area contributed by atoms with Gasteiger partial charge in [-0.05, 0) is 54.5 Å². The van der Waals surface area contributed by atoms with Crippen LogP contribution >= 0.6 is 0 Å². The minimum atomic E-state index is -0.733. The van der Waals surface area contributed by atoms with Gasteiger partial charge in [0.2, 0.25) is 0 Å². The lowest BCUT2D eigenvalue weighted by atomic mass is 10.0. The molecule has 0 saturated carbocycles. The standard InChI is InChI=1S/C22H33N3O5/c1-8-9-15(2)26-14-27-16(3)28-20(18-21(4,5)30-22(6,7)29-18)25-11-10-17-12-23-13-24-19(17)25/h8-13,15-16,18,20H,14H2,1-7H3/b9-8-/t15?,16?,18-,20+/m0/s1. The summed E-state index contributed by atoms with van der Waals surface area (Å²) in [5, 5.41) is 0.916. The summed E-state index contributed by atoms with van der Waals surface area (Å²) in [5.41, 5.74) is 0.165. The molecule has 0 N–H and O–H groups in total. The molecule has 1 aliphatic heterocycles. The number of fused-ring (bicyclic) bond motifs is 1. The molecule has 2 aromatic rings. The summed E-state index contributed by atoms with van der Waals surface area (Å²) in [4.78, 5) is 8.53. The quantitative estimate of drug-likeness (QED) is 0.446. The molecule has 30 heavy (non-hydrogen) atoms. The molecule has 2 aromatic heterocycles. The van der Waals surface area contributed by atoms with Crippen molar-refractivity contribution in [1.29, 1.82) is 0 Å². The van der Waals surface area contributed by atoms with Crippen LogP contribution in [0, 0.1) is 0 Å². The third-order valence-electron chi connectivity index (χ3n) is 4.94. The van der Waals surface area contributed by atoms with E-state index in [1.165, 1.54) is 6.33 Å². The summed E-state index contributed by atoms with van der Waals surface area (Å²) in [6.07, 6.45) is 7.61. The molecule has 3 rings (SSSR count). The van der Waals surface area contributed by atoms with Crippen molar-refractivity contribution >= 4 is 11.0 Å². The molecule has 0 spiro atoms. The van der Waals surface area contributed by atoms with Gasteiger partial charge in [-0.2, -0.15) is 0 Å². The lowest BCUT2D eigenvalue weighted by Gasteiger charge is -2.33. The highest BCUT2D eigenvalue weighted by molar-refractivity contribution is 5.74. The Morgan fingerprint density at radius 3 is 2.67 bits per heavy atom. The Morgan fingerprint density at radius 2 is 2.00 bits per heavy atom. The van der Waals surface area contributed by atoms with E-state index in [4.69, 9.17) is 23.7 Å². The highest BCUT2D eigenvalue weighted by atomic mass is 16.8. The van der Waals surface area contributed by atoms with Crippen LogP contribution in [0.4, 0.5) is 0 Å². The molecule has 0 bridgehead atoms. The highest BCUT2D eigenvalue weighted by Crippen LogP contribution is 2.42. The van der Waals surface area contributed by atoms with Gasteiger partial charge in [0.15, 0.2) is 25.1 Å². The molecular formula is C22H33N3O5. The molecule has 1 aliphatic rings. The van der Waals surface area contributed by atoms with Gasteiger partial charge in [0.05, 0.1) is 11.7 Å². The summed E-state index contributed by atoms with van der Waals surface area (Å²) in [7, 11) is 0. The van der Waals surface area contributed by atoms with E-state index in [0.717, 1.165) is 11.0 Å². The number of nitrogens with zero attached hydrogens (tertiary/aromatic N) is 3. The van der Waals surface area contributed by atoms with Gasteiger partial charge in [0, 0.05) is 17.8 Å². The summed E-state index contributed by atoms with van der Waals surface area (Å²) in [6.45, 7) is 13.7. The first-order chi connectivity index (χ1) is 14.1. The van der Waals surface area contributed by atoms with Crippen LogP contribution in [0.15, 0.2) is 36.9 Å². The average Bonchev–Trinajstić information content (AvgIpc) is 3.17. The molecule has 166 valence electrons. The molecule has 0 aliphatic carbocycles. The third kappa shape index (κ3) is 5.25. The second-order valence-electron chi connectivity index (χ2n) is 8.44. The normalized spacial score (nSPS) is 23.8. The summed E-state index contributed by atoms with van der Waals surface area (Å²) < 4.78 is 32.1. The van der Waals surface area contributed by atoms with Crippen molar-refractivity contribution in [3.8, 4) is 0 Å². The Kier molecular flexibility index (Phi) is 6.94. The first-order valence-corrected chi connectivity index (χ1v) is 10.3. The monoisotopic (exact) mass is 419 g/mol. The van der Waals surface area contributed by atoms with Gasteiger partial charge < -0.3 is 28.3 Å². The maximum Gasteiger partial charge on any atom is 0.167 e. The van der Waals surface area contributed by atoms with E-state index in [2.05, 4.69) is 9.97 Å². The van der Waals surface area contributed by atoms with Gasteiger partial charge in [-0.1, -0.05) is 12.2 Å². The molecule has 3 heterocycles. The molecule has 0 aromatic carbocycles. The maximum atomic E-state index is 6.33. The second kappa shape index (κ2) is 9.11. The minimum absolute atomic E-state index is 0.0330. The highest BCUT2D eigenvalue weighted by Gasteiger charge is 2.52. The molecular weight excluding hydrogens is 386 g/mol. The molecule has 0 radical (unpaired) electrons. The van der Waals surface area contributed by atoms with Crippen LogP contribution in [0.3, 0.4) is 0 Å². The smallest absolute Gasteiger partial charge is 0.167 e. The number of hydrogen-bond donors (Lipinski definition) is 0. The van der Waals surface area contributed by atoms with Crippen LogP contribution in [0.25, 0.3) is 11.0 Å². The fourth-order valence-corrected chi connectivity index (χ4v) is 3.76. The molecule has 4 atom stereocenters. The van der Waals surface area contributed by atoms with Crippen molar-refractivity contribution in [2.45, 2.75) is 84.6 Å². The van der Waals surface area contributed by atoms with Crippen LogP contribution in [0.5, 0.6) is 0 Å². The van der Waals surface area contributed by atoms with Gasteiger partial charge >= 0.3 is 0 Å². The minimum Gasteiger partial charge on any atom is -0.348 e. The molecule has 1 fully saturated rings. The van der Waals surface area contributed by atoms with E-state index in [9.17, 15) is 0 Å². The zero-order valence-electron chi connectivity index (χ0n) is 18.9. The predicted octanol–water partition coefficient (Wildman–Crippen LogP) is 4.18. The topological polar surface area (TPSA) is 76.9 Å². The fraction of sp³-hybridized carbons (Fsp3) is 0.636. The number of ether oxygens (including phenoxy) is 5. The van der Waals surface area contributed by atoms with Gasteiger partial charge in [0.25, 0.3) is 0 Å². The van der Waals surface area contributed by atoms with Crippen LogP contribution < -0.4 is 0 Å². The van der Waals surface area contributed by atoms with Crippen molar-refractivity contribution in [3.05, 3.63) is 36.9 Å². The molecule has 2 unspecified atom stereocenters. The summed E-state index contributed by atoms with van der Waals surface area (Å²) >= 11 is 0. The first kappa shape index (κ1) is 22.8. The fourth-order valence-electron chi connectivity index (χ4n) is 3.76.